The van der Waals surface area contributed by atoms with Gasteiger partial charge in [-0.1, -0.05) is 11.6 Å². The zero-order valence-electron chi connectivity index (χ0n) is 8.63. The van der Waals surface area contributed by atoms with Crippen LogP contribution < -0.4 is 0 Å². The van der Waals surface area contributed by atoms with Crippen LogP contribution in [0.5, 0.6) is 0 Å². The number of nitrogens with zero attached hydrogens (tertiary/aromatic N) is 1. The Bertz CT molecular complexity index is 648. The summed E-state index contributed by atoms with van der Waals surface area (Å²) in [6.07, 6.45) is -0.826. The Hall–Kier alpha value is -1.36. The highest BCUT2D eigenvalue weighted by molar-refractivity contribution is 7.07. The third kappa shape index (κ3) is 1.95. The van der Waals surface area contributed by atoms with E-state index in [1.54, 1.807) is 35.2 Å². The van der Waals surface area contributed by atoms with Gasteiger partial charge in [-0.3, -0.25) is 0 Å². The molecule has 1 N–H and O–H groups in total. The average Bonchev–Trinajstić information content (AvgIpc) is 2.96. The minimum atomic E-state index is -0.826. The first kappa shape index (κ1) is 10.8. The molecule has 0 saturated heterocycles. The predicted octanol–water partition coefficient (Wildman–Crippen LogP) is 3.62. The molecule has 0 amide bonds. The second kappa shape index (κ2) is 4.14. The lowest BCUT2D eigenvalue weighted by atomic mass is 10.2. The van der Waals surface area contributed by atoms with E-state index in [4.69, 9.17) is 16.0 Å². The molecular formula is C12H8ClNO2S. The largest absolute Gasteiger partial charge is 0.458 e. The van der Waals surface area contributed by atoms with Crippen molar-refractivity contribution in [2.24, 2.45) is 0 Å². The van der Waals surface area contributed by atoms with E-state index in [1.165, 1.54) is 11.3 Å². The van der Waals surface area contributed by atoms with Gasteiger partial charge in [0.2, 0.25) is 0 Å². The number of aliphatic hydroxyl groups is 1. The van der Waals surface area contributed by atoms with Crippen LogP contribution in [0.15, 0.2) is 39.6 Å². The molecule has 0 aliphatic rings. The molecule has 0 fully saturated rings. The molecule has 1 unspecified atom stereocenters. The van der Waals surface area contributed by atoms with Crippen molar-refractivity contribution in [1.82, 2.24) is 4.98 Å². The zero-order valence-corrected chi connectivity index (χ0v) is 10.2. The molecule has 1 atom stereocenters. The van der Waals surface area contributed by atoms with Crippen molar-refractivity contribution in [2.45, 2.75) is 6.10 Å². The number of hydrogen-bond donors (Lipinski definition) is 1. The van der Waals surface area contributed by atoms with Crippen LogP contribution in [-0.4, -0.2) is 10.1 Å². The number of aliphatic hydroxyl groups excluding tert-OH is 1. The second-order valence-corrected chi connectivity index (χ2v) is 4.80. The van der Waals surface area contributed by atoms with Crippen LogP contribution in [-0.2, 0) is 0 Å². The highest BCUT2D eigenvalue weighted by Gasteiger charge is 2.17. The van der Waals surface area contributed by atoms with Gasteiger partial charge in [0.1, 0.15) is 11.3 Å². The van der Waals surface area contributed by atoms with E-state index in [1.807, 2.05) is 0 Å². The molecule has 86 valence electrons. The lowest BCUT2D eigenvalue weighted by Gasteiger charge is -2.02. The molecule has 1 aromatic carbocycles. The number of fused-ring (bicyclic) bond motifs is 1. The van der Waals surface area contributed by atoms with E-state index >= 15 is 0 Å². The van der Waals surface area contributed by atoms with E-state index in [0.717, 1.165) is 5.39 Å². The predicted molar refractivity (Wildman–Crippen MR) is 67.4 cm³/mol. The number of benzene rings is 1. The van der Waals surface area contributed by atoms with Gasteiger partial charge in [0.05, 0.1) is 11.2 Å². The average molecular weight is 266 g/mol. The van der Waals surface area contributed by atoms with E-state index < -0.39 is 6.10 Å². The number of thiazole rings is 1. The van der Waals surface area contributed by atoms with Gasteiger partial charge < -0.3 is 9.52 Å². The van der Waals surface area contributed by atoms with Crippen molar-refractivity contribution < 1.29 is 9.52 Å². The Labute approximate surface area is 106 Å². The number of rotatable bonds is 2. The van der Waals surface area contributed by atoms with Gasteiger partial charge in [-0.15, -0.1) is 11.3 Å². The van der Waals surface area contributed by atoms with Crippen molar-refractivity contribution in [2.75, 3.05) is 0 Å². The quantitative estimate of drug-likeness (QED) is 0.770. The Morgan fingerprint density at radius 3 is 3.00 bits per heavy atom. The maximum atomic E-state index is 10.1. The molecule has 0 bridgehead atoms. The summed E-state index contributed by atoms with van der Waals surface area (Å²) >= 11 is 7.33. The first-order chi connectivity index (χ1) is 8.24. The Morgan fingerprint density at radius 2 is 2.24 bits per heavy atom. The van der Waals surface area contributed by atoms with Crippen LogP contribution in [0.2, 0.25) is 5.02 Å². The van der Waals surface area contributed by atoms with Gasteiger partial charge in [-0.05, 0) is 24.3 Å². The van der Waals surface area contributed by atoms with Gasteiger partial charge in [-0.2, -0.15) is 0 Å². The normalized spacial score (nSPS) is 13.1. The fourth-order valence-electron chi connectivity index (χ4n) is 1.67. The second-order valence-electron chi connectivity index (χ2n) is 3.65. The van der Waals surface area contributed by atoms with Gasteiger partial charge in [0.15, 0.2) is 6.10 Å². The topological polar surface area (TPSA) is 46.3 Å². The van der Waals surface area contributed by atoms with Crippen molar-refractivity contribution in [3.8, 4) is 0 Å². The fourth-order valence-corrected chi connectivity index (χ4v) is 2.43. The summed E-state index contributed by atoms with van der Waals surface area (Å²) < 4.78 is 5.56. The Kier molecular flexibility index (Phi) is 2.63. The van der Waals surface area contributed by atoms with E-state index in [2.05, 4.69) is 4.98 Å². The molecule has 2 heterocycles. The van der Waals surface area contributed by atoms with E-state index in [9.17, 15) is 5.11 Å². The van der Waals surface area contributed by atoms with Gasteiger partial charge >= 0.3 is 0 Å². The third-order valence-electron chi connectivity index (χ3n) is 2.50. The van der Waals surface area contributed by atoms with Gasteiger partial charge in [0.25, 0.3) is 0 Å². The lowest BCUT2D eigenvalue weighted by Crippen LogP contribution is -1.97. The minimum Gasteiger partial charge on any atom is -0.458 e. The standard InChI is InChI=1S/C12H8ClNO2S/c13-8-1-2-10-7(3-8)4-11(16-10)12(15)9-5-17-6-14-9/h1-6,12,15H. The van der Waals surface area contributed by atoms with Crippen LogP contribution >= 0.6 is 22.9 Å². The molecule has 0 saturated carbocycles. The van der Waals surface area contributed by atoms with Crippen molar-refractivity contribution in [3.63, 3.8) is 0 Å². The number of halogens is 1. The third-order valence-corrected chi connectivity index (χ3v) is 3.34. The highest BCUT2D eigenvalue weighted by Crippen LogP contribution is 2.29. The van der Waals surface area contributed by atoms with Crippen LogP contribution in [0.3, 0.4) is 0 Å². The fraction of sp³-hybridized carbons (Fsp3) is 0.0833. The maximum Gasteiger partial charge on any atom is 0.154 e. The lowest BCUT2D eigenvalue weighted by molar-refractivity contribution is 0.188. The Morgan fingerprint density at radius 1 is 1.35 bits per heavy atom. The summed E-state index contributed by atoms with van der Waals surface area (Å²) in [5.74, 6) is 0.480. The van der Waals surface area contributed by atoms with Crippen molar-refractivity contribution >= 4 is 33.9 Å². The Balaban J connectivity index is 2.06. The SMILES string of the molecule is OC(c1cscn1)c1cc2cc(Cl)ccc2o1. The van der Waals surface area contributed by atoms with Crippen LogP contribution in [0.4, 0.5) is 0 Å². The molecular weight excluding hydrogens is 258 g/mol. The molecule has 3 aromatic rings. The van der Waals surface area contributed by atoms with Crippen LogP contribution in [0.25, 0.3) is 11.0 Å². The number of furan rings is 1. The molecule has 0 aliphatic carbocycles. The molecule has 0 aliphatic heterocycles. The molecule has 3 nitrogen and oxygen atoms in total. The summed E-state index contributed by atoms with van der Waals surface area (Å²) in [7, 11) is 0. The summed E-state index contributed by atoms with van der Waals surface area (Å²) in [5.41, 5.74) is 2.98. The number of hydrogen-bond acceptors (Lipinski definition) is 4. The molecule has 2 aromatic heterocycles. The molecule has 0 spiro atoms. The first-order valence-corrected chi connectivity index (χ1v) is 6.31. The molecule has 0 radical (unpaired) electrons. The smallest absolute Gasteiger partial charge is 0.154 e. The zero-order chi connectivity index (χ0) is 11.8. The van der Waals surface area contributed by atoms with Gasteiger partial charge in [-0.25, -0.2) is 4.98 Å². The summed E-state index contributed by atoms with van der Waals surface area (Å²) in [6, 6.07) is 7.13. The van der Waals surface area contributed by atoms with Crippen LogP contribution in [0.1, 0.15) is 17.6 Å². The van der Waals surface area contributed by atoms with E-state index in [0.29, 0.717) is 22.1 Å². The highest BCUT2D eigenvalue weighted by atomic mass is 35.5. The monoisotopic (exact) mass is 265 g/mol. The first-order valence-electron chi connectivity index (χ1n) is 4.99. The van der Waals surface area contributed by atoms with Crippen LogP contribution in [0, 0.1) is 0 Å². The van der Waals surface area contributed by atoms with E-state index in [-0.39, 0.29) is 0 Å². The van der Waals surface area contributed by atoms with Crippen molar-refractivity contribution in [1.29, 1.82) is 0 Å². The van der Waals surface area contributed by atoms with Gasteiger partial charge in [0, 0.05) is 15.8 Å². The maximum absolute atomic E-state index is 10.1. The molecule has 5 heteroatoms. The molecule has 3 rings (SSSR count). The summed E-state index contributed by atoms with van der Waals surface area (Å²) in [4.78, 5) is 4.06. The summed E-state index contributed by atoms with van der Waals surface area (Å²) in [6.45, 7) is 0. The molecule has 17 heavy (non-hydrogen) atoms. The van der Waals surface area contributed by atoms with Crippen molar-refractivity contribution in [3.05, 3.63) is 51.6 Å². The summed E-state index contributed by atoms with van der Waals surface area (Å²) in [5, 5.41) is 13.4. The minimum absolute atomic E-state index is 0.480. The number of aromatic nitrogens is 1.